The van der Waals surface area contributed by atoms with Crippen molar-refractivity contribution < 1.29 is 29.1 Å². The molecule has 0 saturated carbocycles. The summed E-state index contributed by atoms with van der Waals surface area (Å²) >= 11 is 0. The Bertz CT molecular complexity index is 1260. The van der Waals surface area contributed by atoms with Crippen LogP contribution in [0.25, 0.3) is 0 Å². The van der Waals surface area contributed by atoms with Crippen molar-refractivity contribution in [2.24, 2.45) is 17.8 Å². The summed E-state index contributed by atoms with van der Waals surface area (Å²) in [5.41, 5.74) is 3.35. The number of methoxy groups -OCH3 is 1. The third-order valence-corrected chi connectivity index (χ3v) is 9.02. The molecule has 0 spiro atoms. The van der Waals surface area contributed by atoms with Crippen LogP contribution < -0.4 is 0 Å². The van der Waals surface area contributed by atoms with E-state index >= 15 is 0 Å². The van der Waals surface area contributed by atoms with Crippen molar-refractivity contribution in [3.63, 3.8) is 0 Å². The highest BCUT2D eigenvalue weighted by Crippen LogP contribution is 2.52. The molecule has 2 aromatic rings. The molecule has 0 unspecified atom stereocenters. The molecule has 3 fully saturated rings. The topological polar surface area (TPSA) is 99.5 Å². The van der Waals surface area contributed by atoms with E-state index in [9.17, 15) is 19.7 Å². The molecule has 0 radical (unpaired) electrons. The SMILES string of the molecule is COCC1=C2B(O)O[C@H](c3ccccc3O)C[C@H]2[C@H]2C(=O)N(C3CCN(Cc4ccccc4)CC3)C(=O)[C@H]2C1. The summed E-state index contributed by atoms with van der Waals surface area (Å²) in [6.07, 6.45) is 1.72. The van der Waals surface area contributed by atoms with E-state index in [2.05, 4.69) is 17.0 Å². The van der Waals surface area contributed by atoms with Gasteiger partial charge in [-0.1, -0.05) is 48.5 Å². The molecule has 8 nitrogen and oxygen atoms in total. The number of imide groups is 1. The lowest BCUT2D eigenvalue weighted by Crippen LogP contribution is -2.48. The number of phenolic OH excluding ortho intramolecular Hbond substituents is 1. The monoisotopic (exact) mass is 530 g/mol. The number of rotatable bonds is 6. The number of ether oxygens (including phenoxy) is 1. The van der Waals surface area contributed by atoms with Crippen molar-refractivity contribution in [2.45, 2.75) is 44.4 Å². The number of amides is 2. The van der Waals surface area contributed by atoms with Crippen LogP contribution in [-0.2, 0) is 25.5 Å². The number of para-hydroxylation sites is 1. The maximum absolute atomic E-state index is 14.0. The minimum atomic E-state index is -1.22. The third kappa shape index (κ3) is 4.82. The van der Waals surface area contributed by atoms with Crippen LogP contribution in [-0.4, -0.2) is 71.7 Å². The van der Waals surface area contributed by atoms with Gasteiger partial charge in [-0.15, -0.1) is 0 Å². The molecule has 1 aliphatic carbocycles. The number of carbonyl (C=O) groups excluding carboxylic acids is 2. The van der Waals surface area contributed by atoms with E-state index in [0.29, 0.717) is 23.9 Å². The van der Waals surface area contributed by atoms with E-state index in [4.69, 9.17) is 9.39 Å². The van der Waals surface area contributed by atoms with E-state index in [0.717, 1.165) is 38.0 Å². The lowest BCUT2D eigenvalue weighted by molar-refractivity contribution is -0.144. The Morgan fingerprint density at radius 1 is 1.00 bits per heavy atom. The van der Waals surface area contributed by atoms with Gasteiger partial charge in [0.1, 0.15) is 5.75 Å². The number of fused-ring (bicyclic) bond motifs is 3. The highest BCUT2D eigenvalue weighted by molar-refractivity contribution is 6.53. The molecule has 2 N–H and O–H groups in total. The van der Waals surface area contributed by atoms with Crippen LogP contribution in [0.1, 0.15) is 42.9 Å². The van der Waals surface area contributed by atoms with Crippen molar-refractivity contribution in [3.8, 4) is 5.75 Å². The second-order valence-electron chi connectivity index (χ2n) is 11.2. The molecule has 204 valence electrons. The fourth-order valence-electron chi connectivity index (χ4n) is 7.24. The molecule has 4 aliphatic rings. The molecule has 0 aromatic heterocycles. The van der Waals surface area contributed by atoms with E-state index in [1.165, 1.54) is 5.56 Å². The summed E-state index contributed by atoms with van der Waals surface area (Å²) in [5.74, 6) is -1.50. The molecular formula is C30H35BN2O6. The molecule has 3 aliphatic heterocycles. The van der Waals surface area contributed by atoms with Crippen LogP contribution in [0.5, 0.6) is 5.75 Å². The quantitative estimate of drug-likeness (QED) is 0.438. The van der Waals surface area contributed by atoms with Gasteiger partial charge in [0.15, 0.2) is 0 Å². The predicted molar refractivity (Wildman–Crippen MR) is 145 cm³/mol. The van der Waals surface area contributed by atoms with Gasteiger partial charge in [-0.3, -0.25) is 19.4 Å². The molecule has 0 bridgehead atoms. The third-order valence-electron chi connectivity index (χ3n) is 9.02. The van der Waals surface area contributed by atoms with Gasteiger partial charge in [0, 0.05) is 38.3 Å². The summed E-state index contributed by atoms with van der Waals surface area (Å²) in [5, 5.41) is 21.6. The number of phenols is 1. The average Bonchev–Trinajstić information content (AvgIpc) is 3.19. The molecule has 2 amide bonds. The van der Waals surface area contributed by atoms with Gasteiger partial charge in [0.2, 0.25) is 11.8 Å². The number of nitrogens with zero attached hydrogens (tertiary/aromatic N) is 2. The van der Waals surface area contributed by atoms with Crippen molar-refractivity contribution in [3.05, 3.63) is 76.8 Å². The standard InChI is InChI=1S/C30H35BN2O6/c1-38-18-20-15-24-27(23-16-26(39-31(37)28(20)23)22-9-5-6-10-25(22)34)30(36)33(29(24)35)21-11-13-32(14-12-21)17-19-7-3-2-4-8-19/h2-10,21,23-24,26-27,34,37H,11-18H2,1H3/t23-,24-,26-,27+/m0/s1. The number of hydrogen-bond donors (Lipinski definition) is 2. The first-order valence-electron chi connectivity index (χ1n) is 13.9. The Labute approximate surface area is 229 Å². The van der Waals surface area contributed by atoms with Crippen LogP contribution in [0.2, 0.25) is 0 Å². The summed E-state index contributed by atoms with van der Waals surface area (Å²) in [4.78, 5) is 31.8. The lowest BCUT2D eigenvalue weighted by Gasteiger charge is -2.42. The molecule has 2 aromatic carbocycles. The first kappa shape index (κ1) is 26.3. The summed E-state index contributed by atoms with van der Waals surface area (Å²) < 4.78 is 11.4. The maximum atomic E-state index is 14.0. The van der Waals surface area contributed by atoms with E-state index in [-0.39, 0.29) is 36.1 Å². The molecule has 3 saturated heterocycles. The molecule has 4 atom stereocenters. The first-order valence-corrected chi connectivity index (χ1v) is 13.9. The summed E-state index contributed by atoms with van der Waals surface area (Å²) in [7, 11) is 0.366. The second kappa shape index (κ2) is 10.9. The van der Waals surface area contributed by atoms with Crippen molar-refractivity contribution in [2.75, 3.05) is 26.8 Å². The number of piperidine rings is 1. The Balaban J connectivity index is 1.23. The van der Waals surface area contributed by atoms with Gasteiger partial charge in [0.25, 0.3) is 0 Å². The zero-order valence-electron chi connectivity index (χ0n) is 22.2. The Morgan fingerprint density at radius 2 is 1.72 bits per heavy atom. The van der Waals surface area contributed by atoms with Crippen LogP contribution in [0.3, 0.4) is 0 Å². The number of allylic oxidation sites excluding steroid dienone is 1. The Kier molecular flexibility index (Phi) is 7.33. The fourth-order valence-corrected chi connectivity index (χ4v) is 7.24. The first-order chi connectivity index (χ1) is 19.0. The predicted octanol–water partition coefficient (Wildman–Crippen LogP) is 3.10. The number of likely N-dealkylation sites (tertiary alicyclic amines) is 2. The smallest absolute Gasteiger partial charge is 0.487 e. The van der Waals surface area contributed by atoms with E-state index in [1.807, 2.05) is 24.3 Å². The van der Waals surface area contributed by atoms with Crippen molar-refractivity contribution in [1.82, 2.24) is 9.80 Å². The molecule has 39 heavy (non-hydrogen) atoms. The minimum absolute atomic E-state index is 0.0873. The summed E-state index contributed by atoms with van der Waals surface area (Å²) in [6, 6.07) is 17.1. The number of aromatic hydroxyl groups is 1. The van der Waals surface area contributed by atoms with E-state index in [1.54, 1.807) is 30.2 Å². The molecule has 6 rings (SSSR count). The van der Waals surface area contributed by atoms with Gasteiger partial charge < -0.3 is 19.5 Å². The fraction of sp³-hybridized carbons (Fsp3) is 0.467. The van der Waals surface area contributed by atoms with Gasteiger partial charge >= 0.3 is 7.12 Å². The highest BCUT2D eigenvalue weighted by atomic mass is 16.5. The Hall–Kier alpha value is -2.98. The van der Waals surface area contributed by atoms with Crippen LogP contribution >= 0.6 is 0 Å². The minimum Gasteiger partial charge on any atom is -0.508 e. The average molecular weight is 530 g/mol. The van der Waals surface area contributed by atoms with Crippen molar-refractivity contribution >= 4 is 18.9 Å². The second-order valence-corrected chi connectivity index (χ2v) is 11.2. The van der Waals surface area contributed by atoms with Gasteiger partial charge in [0.05, 0.1) is 24.5 Å². The van der Waals surface area contributed by atoms with Gasteiger partial charge in [-0.05, 0) is 54.3 Å². The molecule has 9 heteroatoms. The Morgan fingerprint density at radius 3 is 2.44 bits per heavy atom. The van der Waals surface area contributed by atoms with Gasteiger partial charge in [-0.2, -0.15) is 0 Å². The number of benzene rings is 2. The van der Waals surface area contributed by atoms with E-state index < -0.39 is 25.1 Å². The molecule has 3 heterocycles. The van der Waals surface area contributed by atoms with Crippen LogP contribution in [0, 0.1) is 17.8 Å². The largest absolute Gasteiger partial charge is 0.508 e. The van der Waals surface area contributed by atoms with Crippen LogP contribution in [0.4, 0.5) is 0 Å². The van der Waals surface area contributed by atoms with Gasteiger partial charge in [-0.25, -0.2) is 0 Å². The zero-order chi connectivity index (χ0) is 27.1. The molecular weight excluding hydrogens is 495 g/mol. The van der Waals surface area contributed by atoms with Crippen molar-refractivity contribution in [1.29, 1.82) is 0 Å². The zero-order valence-corrected chi connectivity index (χ0v) is 22.2. The van der Waals surface area contributed by atoms with Crippen LogP contribution in [0.15, 0.2) is 65.6 Å². The lowest BCUT2D eigenvalue weighted by atomic mass is 9.55. The normalized spacial score (nSPS) is 28.2. The number of carbonyl (C=O) groups is 2. The summed E-state index contributed by atoms with van der Waals surface area (Å²) in [6.45, 7) is 2.80. The highest BCUT2D eigenvalue weighted by Gasteiger charge is 2.59. The maximum Gasteiger partial charge on any atom is 0.487 e. The number of hydrogen-bond acceptors (Lipinski definition) is 7.